The van der Waals surface area contributed by atoms with Crippen LogP contribution in [-0.4, -0.2) is 27.3 Å². The van der Waals surface area contributed by atoms with Gasteiger partial charge < -0.3 is 10.6 Å². The molecule has 2 heterocycles. The van der Waals surface area contributed by atoms with Gasteiger partial charge in [0.25, 0.3) is 5.56 Å². The molecule has 3 N–H and O–H groups in total. The summed E-state index contributed by atoms with van der Waals surface area (Å²) in [5, 5.41) is -0.315. The molecule has 0 spiro atoms. The second-order valence-corrected chi connectivity index (χ2v) is 9.33. The van der Waals surface area contributed by atoms with Crippen LogP contribution >= 0.6 is 11.8 Å². The normalized spacial score (nSPS) is 15.4. The molecule has 30 heavy (non-hydrogen) atoms. The lowest BCUT2D eigenvalue weighted by molar-refractivity contribution is -0.118. The number of benzene rings is 1. The topological polar surface area (TPSA) is 101 Å². The molecule has 0 saturated carbocycles. The number of hydrogen-bond donors (Lipinski definition) is 2. The average molecular weight is 431 g/mol. The van der Waals surface area contributed by atoms with Gasteiger partial charge in [-0.05, 0) is 36.8 Å². The van der Waals surface area contributed by atoms with Crippen LogP contribution < -0.4 is 21.9 Å². The van der Waals surface area contributed by atoms with Crippen LogP contribution in [-0.2, 0) is 17.8 Å². The van der Waals surface area contributed by atoms with Crippen LogP contribution in [0.2, 0.25) is 0 Å². The minimum atomic E-state index is -0.608. The molecular formula is C22H30N4O3S. The van der Waals surface area contributed by atoms with Gasteiger partial charge in [0, 0.05) is 18.0 Å². The van der Waals surface area contributed by atoms with Gasteiger partial charge in [-0.3, -0.25) is 19.1 Å². The van der Waals surface area contributed by atoms with Crippen LogP contribution in [0.25, 0.3) is 0 Å². The van der Waals surface area contributed by atoms with E-state index in [0.717, 1.165) is 29.7 Å². The van der Waals surface area contributed by atoms with Gasteiger partial charge >= 0.3 is 5.69 Å². The lowest BCUT2D eigenvalue weighted by atomic mass is 10.1. The Hall–Kier alpha value is -2.48. The number of nitrogen functional groups attached to an aromatic ring is 1. The summed E-state index contributed by atoms with van der Waals surface area (Å²) < 4.78 is 1.37. The highest BCUT2D eigenvalue weighted by Crippen LogP contribution is 2.38. The van der Waals surface area contributed by atoms with E-state index < -0.39 is 11.2 Å². The van der Waals surface area contributed by atoms with E-state index in [9.17, 15) is 14.4 Å². The lowest BCUT2D eigenvalue weighted by Crippen LogP contribution is -2.45. The molecule has 1 amide bonds. The number of H-pyrrole nitrogens is 1. The molecule has 1 aliphatic rings. The fraction of sp³-hybridized carbons (Fsp3) is 0.500. The highest BCUT2D eigenvalue weighted by molar-refractivity contribution is 8.01. The zero-order chi connectivity index (χ0) is 21.8. The highest BCUT2D eigenvalue weighted by atomic mass is 32.2. The molecule has 7 nitrogen and oxygen atoms in total. The van der Waals surface area contributed by atoms with Crippen molar-refractivity contribution in [3.63, 3.8) is 0 Å². The van der Waals surface area contributed by atoms with E-state index in [1.54, 1.807) is 0 Å². The Labute approximate surface area is 180 Å². The van der Waals surface area contributed by atoms with Gasteiger partial charge in [0.1, 0.15) is 5.82 Å². The summed E-state index contributed by atoms with van der Waals surface area (Å²) in [6.45, 7) is 6.93. The number of anilines is 2. The number of nitrogens with two attached hydrogens (primary N) is 1. The molecule has 8 heteroatoms. The number of hydrogen-bond acceptors (Lipinski definition) is 5. The SMILES string of the molecule is CCCCn1c(N)c(N(CCC(C)C)C(=O)C2Cc3ccccc3S2)c(=O)[nH]c1=O. The first-order valence-corrected chi connectivity index (χ1v) is 11.4. The van der Waals surface area contributed by atoms with E-state index in [-0.39, 0.29) is 22.7 Å². The maximum atomic E-state index is 13.6. The monoisotopic (exact) mass is 430 g/mol. The number of rotatable bonds is 8. The molecule has 1 aromatic carbocycles. The molecule has 3 rings (SSSR count). The van der Waals surface area contributed by atoms with Gasteiger partial charge in [0.15, 0.2) is 5.69 Å². The third-order valence-corrected chi connectivity index (χ3v) is 6.64. The quantitative estimate of drug-likeness (QED) is 0.670. The molecule has 1 aliphatic heterocycles. The van der Waals surface area contributed by atoms with E-state index >= 15 is 0 Å². The summed E-state index contributed by atoms with van der Waals surface area (Å²) in [5.74, 6) is 0.268. The van der Waals surface area contributed by atoms with Crippen LogP contribution in [0.1, 0.15) is 45.6 Å². The van der Waals surface area contributed by atoms with Crippen LogP contribution in [0, 0.1) is 5.92 Å². The highest BCUT2D eigenvalue weighted by Gasteiger charge is 2.34. The second kappa shape index (κ2) is 9.55. The van der Waals surface area contributed by atoms with Crippen molar-refractivity contribution in [1.29, 1.82) is 0 Å². The molecule has 162 valence electrons. The number of aromatic amines is 1. The van der Waals surface area contributed by atoms with Crippen molar-refractivity contribution < 1.29 is 4.79 Å². The first-order chi connectivity index (χ1) is 14.3. The van der Waals surface area contributed by atoms with Crippen molar-refractivity contribution in [2.75, 3.05) is 17.2 Å². The van der Waals surface area contributed by atoms with Crippen molar-refractivity contribution in [1.82, 2.24) is 9.55 Å². The minimum Gasteiger partial charge on any atom is -0.383 e. The van der Waals surface area contributed by atoms with Crippen LogP contribution in [0.15, 0.2) is 38.8 Å². The smallest absolute Gasteiger partial charge is 0.330 e. The van der Waals surface area contributed by atoms with Gasteiger partial charge in [-0.2, -0.15) is 0 Å². The predicted octanol–water partition coefficient (Wildman–Crippen LogP) is 3.02. The van der Waals surface area contributed by atoms with Gasteiger partial charge in [-0.1, -0.05) is 45.4 Å². The standard InChI is InChI=1S/C22H30N4O3S/c1-4-5-11-26-19(23)18(20(27)24-22(26)29)25(12-10-14(2)3)21(28)17-13-15-8-6-7-9-16(15)30-17/h6-9,14,17H,4-5,10-13,23H2,1-3H3,(H,24,27,29). The number of carbonyl (C=O) groups excluding carboxylic acids is 1. The Morgan fingerprint density at radius 2 is 2.07 bits per heavy atom. The number of nitrogens with one attached hydrogen (secondary N) is 1. The summed E-state index contributed by atoms with van der Waals surface area (Å²) in [7, 11) is 0. The van der Waals surface area contributed by atoms with Crippen molar-refractivity contribution in [3.8, 4) is 0 Å². The fourth-order valence-corrected chi connectivity index (χ4v) is 4.85. The van der Waals surface area contributed by atoms with Crippen LogP contribution in [0.4, 0.5) is 11.5 Å². The maximum absolute atomic E-state index is 13.6. The Morgan fingerprint density at radius 1 is 1.33 bits per heavy atom. The fourth-order valence-electron chi connectivity index (χ4n) is 3.59. The molecule has 1 atom stereocenters. The number of unbranched alkanes of at least 4 members (excludes halogenated alkanes) is 1. The van der Waals surface area contributed by atoms with E-state index in [0.29, 0.717) is 25.4 Å². The van der Waals surface area contributed by atoms with Gasteiger partial charge in [-0.15, -0.1) is 11.8 Å². The van der Waals surface area contributed by atoms with E-state index in [2.05, 4.69) is 18.8 Å². The Kier molecular flexibility index (Phi) is 7.07. The minimum absolute atomic E-state index is 0.0646. The van der Waals surface area contributed by atoms with Gasteiger partial charge in [-0.25, -0.2) is 4.79 Å². The lowest BCUT2D eigenvalue weighted by Gasteiger charge is -2.27. The molecule has 0 saturated heterocycles. The first-order valence-electron chi connectivity index (χ1n) is 10.5. The molecule has 1 aromatic heterocycles. The van der Waals surface area contributed by atoms with Crippen molar-refractivity contribution in [3.05, 3.63) is 50.7 Å². The molecule has 0 fully saturated rings. The van der Waals surface area contributed by atoms with Crippen LogP contribution in [0.5, 0.6) is 0 Å². The first kappa shape index (κ1) is 22.2. The average Bonchev–Trinajstić information content (AvgIpc) is 3.13. The number of aromatic nitrogens is 2. The van der Waals surface area contributed by atoms with Gasteiger partial charge in [0.05, 0.1) is 5.25 Å². The zero-order valence-electron chi connectivity index (χ0n) is 17.8. The molecular weight excluding hydrogens is 400 g/mol. The van der Waals surface area contributed by atoms with E-state index in [1.807, 2.05) is 31.2 Å². The summed E-state index contributed by atoms with van der Waals surface area (Å²) in [6, 6.07) is 7.97. The number of carbonyl (C=O) groups is 1. The predicted molar refractivity (Wildman–Crippen MR) is 122 cm³/mol. The Morgan fingerprint density at radius 3 is 2.73 bits per heavy atom. The molecule has 1 unspecified atom stereocenters. The molecule has 0 bridgehead atoms. The van der Waals surface area contributed by atoms with Crippen molar-refractivity contribution >= 4 is 29.2 Å². The summed E-state index contributed by atoms with van der Waals surface area (Å²) in [6.07, 6.45) is 2.98. The third-order valence-electron chi connectivity index (χ3n) is 5.34. The van der Waals surface area contributed by atoms with E-state index in [4.69, 9.17) is 5.73 Å². The number of thioether (sulfide) groups is 1. The Balaban J connectivity index is 1.99. The Bertz CT molecular complexity index is 1000. The molecule has 2 aromatic rings. The molecule has 0 aliphatic carbocycles. The zero-order valence-corrected chi connectivity index (χ0v) is 18.6. The van der Waals surface area contributed by atoms with Crippen molar-refractivity contribution in [2.45, 2.75) is 63.1 Å². The molecule has 0 radical (unpaired) electrons. The van der Waals surface area contributed by atoms with E-state index in [1.165, 1.54) is 21.2 Å². The number of amides is 1. The maximum Gasteiger partial charge on any atom is 0.330 e. The summed E-state index contributed by atoms with van der Waals surface area (Å²) in [4.78, 5) is 43.6. The van der Waals surface area contributed by atoms with Crippen molar-refractivity contribution in [2.24, 2.45) is 5.92 Å². The summed E-state index contributed by atoms with van der Waals surface area (Å²) >= 11 is 1.52. The number of fused-ring (bicyclic) bond motifs is 1. The van der Waals surface area contributed by atoms with Crippen LogP contribution in [0.3, 0.4) is 0 Å². The second-order valence-electron chi connectivity index (χ2n) is 8.09. The number of nitrogens with zero attached hydrogens (tertiary/aromatic N) is 2. The largest absolute Gasteiger partial charge is 0.383 e. The van der Waals surface area contributed by atoms with Gasteiger partial charge in [0.2, 0.25) is 5.91 Å². The third kappa shape index (κ3) is 4.64. The summed E-state index contributed by atoms with van der Waals surface area (Å²) in [5.41, 5.74) is 6.38.